The number of benzene rings is 1. The van der Waals surface area contributed by atoms with Crippen molar-refractivity contribution in [3.63, 3.8) is 0 Å². The average molecular weight is 393 g/mol. The maximum Gasteiger partial charge on any atom is 0.280 e. The van der Waals surface area contributed by atoms with Crippen LogP contribution in [0.3, 0.4) is 0 Å². The van der Waals surface area contributed by atoms with Gasteiger partial charge in [-0.15, -0.1) is 0 Å². The van der Waals surface area contributed by atoms with E-state index in [9.17, 15) is 24.9 Å². The van der Waals surface area contributed by atoms with Crippen molar-refractivity contribution in [3.05, 3.63) is 29.3 Å². The number of aliphatic hydroxyl groups is 3. The number of aryl methyl sites for hydroxylation is 1. The molecule has 152 valence electrons. The zero-order valence-electron chi connectivity index (χ0n) is 15.7. The lowest BCUT2D eigenvalue weighted by Crippen LogP contribution is -2.64. The molecule has 1 aromatic rings. The lowest BCUT2D eigenvalue weighted by atomic mass is 9.97. The van der Waals surface area contributed by atoms with Crippen LogP contribution in [0.4, 0.5) is 5.69 Å². The smallest absolute Gasteiger partial charge is 0.280 e. The van der Waals surface area contributed by atoms with Gasteiger partial charge in [-0.3, -0.25) is 9.59 Å². The summed E-state index contributed by atoms with van der Waals surface area (Å²) in [5.74, 6) is -0.868. The third-order valence-electron chi connectivity index (χ3n) is 4.77. The molecule has 5 atom stereocenters. The molecule has 4 N–H and O–H groups in total. The fourth-order valence-electron chi connectivity index (χ4n) is 3.27. The Balaban J connectivity index is 1.89. The number of anilines is 1. The molecule has 3 rings (SSSR count). The fourth-order valence-corrected chi connectivity index (χ4v) is 3.27. The predicted octanol–water partition coefficient (Wildman–Crippen LogP) is -1.36. The summed E-state index contributed by atoms with van der Waals surface area (Å²) in [5.41, 5.74) is 2.23. The van der Waals surface area contributed by atoms with Gasteiger partial charge in [-0.05, 0) is 19.1 Å². The molecule has 10 heteroatoms. The summed E-state index contributed by atoms with van der Waals surface area (Å²) in [4.78, 5) is 30.8. The molecule has 1 fully saturated rings. The normalized spacial score (nSPS) is 31.1. The van der Waals surface area contributed by atoms with Crippen molar-refractivity contribution in [1.82, 2.24) is 5.32 Å². The van der Waals surface area contributed by atoms with E-state index >= 15 is 0 Å². The molecule has 0 bridgehead atoms. The molecule has 1 aromatic carbocycles. The number of fused-ring (bicyclic) bond motifs is 1. The highest BCUT2D eigenvalue weighted by Crippen LogP contribution is 2.30. The lowest BCUT2D eigenvalue weighted by molar-refractivity contribution is -0.270. The van der Waals surface area contributed by atoms with Crippen LogP contribution in [-0.2, 0) is 19.2 Å². The van der Waals surface area contributed by atoms with E-state index in [-0.39, 0.29) is 11.6 Å². The maximum atomic E-state index is 12.5. The summed E-state index contributed by atoms with van der Waals surface area (Å²) in [6.07, 6.45) is -5.35. The van der Waals surface area contributed by atoms with Gasteiger partial charge in [-0.1, -0.05) is 16.8 Å². The Kier molecular flexibility index (Phi) is 5.66. The van der Waals surface area contributed by atoms with E-state index in [2.05, 4.69) is 10.5 Å². The number of carbonyl (C=O) groups is 2. The number of hydrogen-bond acceptors (Lipinski definition) is 8. The van der Waals surface area contributed by atoms with Crippen molar-refractivity contribution in [3.8, 4) is 0 Å². The van der Waals surface area contributed by atoms with Crippen LogP contribution < -0.4 is 10.2 Å². The van der Waals surface area contributed by atoms with Gasteiger partial charge < -0.3 is 35.1 Å². The number of ether oxygens (including phenoxy) is 1. The predicted molar refractivity (Wildman–Crippen MR) is 97.6 cm³/mol. The minimum Gasteiger partial charge on any atom is -0.394 e. The van der Waals surface area contributed by atoms with E-state index < -0.39 is 43.2 Å². The molecule has 0 aromatic heterocycles. The van der Waals surface area contributed by atoms with Crippen molar-refractivity contribution in [2.24, 2.45) is 5.16 Å². The van der Waals surface area contributed by atoms with Gasteiger partial charge >= 0.3 is 0 Å². The van der Waals surface area contributed by atoms with Crippen molar-refractivity contribution in [2.45, 2.75) is 44.5 Å². The Bertz CT molecular complexity index is 812. The highest BCUT2D eigenvalue weighted by atomic mass is 16.8. The Morgan fingerprint density at radius 1 is 1.36 bits per heavy atom. The molecule has 1 saturated heterocycles. The molecular formula is C18H23N3O7. The van der Waals surface area contributed by atoms with E-state index in [1.807, 2.05) is 13.0 Å². The molecule has 2 heterocycles. The fraction of sp³-hybridized carbons (Fsp3) is 0.500. The second kappa shape index (κ2) is 7.84. The molecule has 0 unspecified atom stereocenters. The van der Waals surface area contributed by atoms with Crippen LogP contribution in [0.1, 0.15) is 18.1 Å². The van der Waals surface area contributed by atoms with E-state index in [4.69, 9.17) is 9.57 Å². The van der Waals surface area contributed by atoms with Gasteiger partial charge in [0.25, 0.3) is 5.91 Å². The van der Waals surface area contributed by atoms with Gasteiger partial charge in [0.05, 0.1) is 12.3 Å². The number of hydrogen-bond donors (Lipinski definition) is 4. The minimum absolute atomic E-state index is 0.0486. The van der Waals surface area contributed by atoms with Gasteiger partial charge in [0.15, 0.2) is 5.71 Å². The zero-order chi connectivity index (χ0) is 20.6. The number of rotatable bonds is 4. The van der Waals surface area contributed by atoms with E-state index in [1.165, 1.54) is 11.8 Å². The number of likely N-dealkylation sites (N-methyl/N-ethyl adjacent to an activating group) is 1. The third kappa shape index (κ3) is 3.59. The Morgan fingerprint density at radius 2 is 2.07 bits per heavy atom. The molecule has 0 spiro atoms. The lowest BCUT2D eigenvalue weighted by Gasteiger charge is -2.40. The molecular weight excluding hydrogens is 370 g/mol. The first-order valence-corrected chi connectivity index (χ1v) is 8.77. The van der Waals surface area contributed by atoms with Crippen molar-refractivity contribution in [1.29, 1.82) is 0 Å². The van der Waals surface area contributed by atoms with Crippen LogP contribution in [0.2, 0.25) is 0 Å². The Labute approximate surface area is 161 Å². The SMILES string of the molecule is CC(=O)N[C@H]1[C@H](O/N=C2\C(=O)N(C)c3ccc(C)cc32)O[C@@H](CO)[C@@H](O)[C@H]1O. The zero-order valence-corrected chi connectivity index (χ0v) is 15.7. The van der Waals surface area contributed by atoms with E-state index in [0.29, 0.717) is 11.3 Å². The van der Waals surface area contributed by atoms with Crippen LogP contribution >= 0.6 is 0 Å². The van der Waals surface area contributed by atoms with E-state index in [1.54, 1.807) is 19.2 Å². The van der Waals surface area contributed by atoms with Gasteiger partial charge in [0.1, 0.15) is 24.4 Å². The standard InChI is InChI=1S/C18H23N3O7/c1-8-4-5-11-10(6-8)13(17(26)21(11)3)20-28-18-14(19-9(2)23)16(25)15(24)12(7-22)27-18/h4-6,12,14-16,18,22,24-25H,7H2,1-3H3,(H,19,23)/b20-13-/t12-,14+,15+,16-,18-/m0/s1. The van der Waals surface area contributed by atoms with Crippen LogP contribution in [0.5, 0.6) is 0 Å². The minimum atomic E-state index is -1.46. The average Bonchev–Trinajstić information content (AvgIpc) is 2.88. The monoisotopic (exact) mass is 393 g/mol. The van der Waals surface area contributed by atoms with Crippen molar-refractivity contribution >= 4 is 23.2 Å². The van der Waals surface area contributed by atoms with Gasteiger partial charge in [0.2, 0.25) is 12.2 Å². The highest BCUT2D eigenvalue weighted by Gasteiger charge is 2.46. The summed E-state index contributed by atoms with van der Waals surface area (Å²) in [5, 5.41) is 36.0. The topological polar surface area (TPSA) is 141 Å². The largest absolute Gasteiger partial charge is 0.394 e. The van der Waals surface area contributed by atoms with Gasteiger partial charge in [0, 0.05) is 19.5 Å². The number of aliphatic hydroxyl groups excluding tert-OH is 3. The Morgan fingerprint density at radius 3 is 2.71 bits per heavy atom. The highest BCUT2D eigenvalue weighted by molar-refractivity contribution is 6.54. The molecule has 2 amide bonds. The number of nitrogens with zero attached hydrogens (tertiary/aromatic N) is 2. The summed E-state index contributed by atoms with van der Waals surface area (Å²) in [7, 11) is 1.61. The van der Waals surface area contributed by atoms with Crippen LogP contribution in [0, 0.1) is 6.92 Å². The van der Waals surface area contributed by atoms with E-state index in [0.717, 1.165) is 5.56 Å². The molecule has 0 radical (unpaired) electrons. The number of oxime groups is 1. The maximum absolute atomic E-state index is 12.5. The van der Waals surface area contributed by atoms with Crippen LogP contribution in [-0.4, -0.2) is 77.1 Å². The first kappa shape index (κ1) is 20.2. The van der Waals surface area contributed by atoms with Crippen molar-refractivity contribution < 1.29 is 34.5 Å². The van der Waals surface area contributed by atoms with Gasteiger partial charge in [-0.25, -0.2) is 0 Å². The second-order valence-electron chi connectivity index (χ2n) is 6.86. The number of carbonyl (C=O) groups excluding carboxylic acids is 2. The second-order valence-corrected chi connectivity index (χ2v) is 6.86. The molecule has 0 saturated carbocycles. The summed E-state index contributed by atoms with van der Waals surface area (Å²) >= 11 is 0. The molecule has 2 aliphatic heterocycles. The molecule has 28 heavy (non-hydrogen) atoms. The molecule has 2 aliphatic rings. The third-order valence-corrected chi connectivity index (χ3v) is 4.77. The Hall–Kier alpha value is -2.53. The summed E-state index contributed by atoms with van der Waals surface area (Å²) in [6.45, 7) is 2.53. The first-order chi connectivity index (χ1) is 13.2. The van der Waals surface area contributed by atoms with Gasteiger partial charge in [-0.2, -0.15) is 0 Å². The quantitative estimate of drug-likeness (QED) is 0.463. The molecule has 10 nitrogen and oxygen atoms in total. The summed E-state index contributed by atoms with van der Waals surface area (Å²) in [6, 6.07) is 4.31. The number of amides is 2. The molecule has 0 aliphatic carbocycles. The first-order valence-electron chi connectivity index (χ1n) is 8.77. The van der Waals surface area contributed by atoms with Crippen molar-refractivity contribution in [2.75, 3.05) is 18.6 Å². The number of nitrogens with one attached hydrogen (secondary N) is 1. The summed E-state index contributed by atoms with van der Waals surface area (Å²) < 4.78 is 5.44. The van der Waals surface area contributed by atoms with Crippen LogP contribution in [0.15, 0.2) is 23.4 Å². The van der Waals surface area contributed by atoms with Crippen LogP contribution in [0.25, 0.3) is 0 Å².